The van der Waals surface area contributed by atoms with Gasteiger partial charge in [-0.3, -0.25) is 4.79 Å². The van der Waals surface area contributed by atoms with Crippen LogP contribution in [0.5, 0.6) is 0 Å². The Labute approximate surface area is 133 Å². The van der Waals surface area contributed by atoms with Crippen LogP contribution in [0, 0.1) is 28.6 Å². The molecule has 0 amide bonds. The van der Waals surface area contributed by atoms with E-state index >= 15 is 0 Å². The van der Waals surface area contributed by atoms with E-state index in [9.17, 15) is 15.0 Å². The van der Waals surface area contributed by atoms with Crippen LogP contribution in [0.3, 0.4) is 0 Å². The van der Waals surface area contributed by atoms with Crippen LogP contribution in [-0.2, 0) is 4.79 Å². The second-order valence-electron chi connectivity index (χ2n) is 9.21. The molecule has 4 fully saturated rings. The van der Waals surface area contributed by atoms with Crippen LogP contribution < -0.4 is 0 Å². The molecule has 0 aromatic rings. The van der Waals surface area contributed by atoms with Crippen molar-refractivity contribution in [2.75, 3.05) is 0 Å². The number of carbonyl (C=O) groups excluding carboxylic acids is 1. The van der Waals surface area contributed by atoms with E-state index in [4.69, 9.17) is 0 Å². The molecule has 3 nitrogen and oxygen atoms in total. The second kappa shape index (κ2) is 4.57. The molecule has 22 heavy (non-hydrogen) atoms. The smallest absolute Gasteiger partial charge is 0.164 e. The number of rotatable bonds is 0. The average molecular weight is 306 g/mol. The van der Waals surface area contributed by atoms with Crippen LogP contribution >= 0.6 is 0 Å². The monoisotopic (exact) mass is 306 g/mol. The minimum atomic E-state index is -1.18. The maximum absolute atomic E-state index is 12.0. The number of aliphatic hydroxyl groups is 2. The zero-order valence-electron chi connectivity index (χ0n) is 14.0. The summed E-state index contributed by atoms with van der Waals surface area (Å²) in [4.78, 5) is 12.0. The Hall–Kier alpha value is -0.410. The largest absolute Gasteiger partial charge is 0.386 e. The first-order valence-electron chi connectivity index (χ1n) is 9.25. The highest BCUT2D eigenvalue weighted by molar-refractivity contribution is 5.85. The van der Waals surface area contributed by atoms with Gasteiger partial charge in [-0.2, -0.15) is 0 Å². The molecule has 0 unspecified atom stereocenters. The molecular weight excluding hydrogens is 276 g/mol. The van der Waals surface area contributed by atoms with E-state index < -0.39 is 11.7 Å². The fraction of sp³-hybridized carbons (Fsp3) is 0.947. The molecule has 4 saturated carbocycles. The van der Waals surface area contributed by atoms with Crippen molar-refractivity contribution in [2.45, 2.75) is 83.3 Å². The number of Topliss-reactive ketones (excluding diaryl/α,β-unsaturated/α-hetero) is 1. The van der Waals surface area contributed by atoms with Gasteiger partial charge in [0.15, 0.2) is 5.78 Å². The molecule has 4 aliphatic rings. The summed E-state index contributed by atoms with van der Waals surface area (Å²) in [6, 6.07) is 0. The zero-order chi connectivity index (χ0) is 15.8. The van der Waals surface area contributed by atoms with E-state index in [-0.39, 0.29) is 11.2 Å². The third-order valence-corrected chi connectivity index (χ3v) is 8.53. The van der Waals surface area contributed by atoms with E-state index in [0.29, 0.717) is 30.1 Å². The maximum atomic E-state index is 12.0. The molecule has 0 aromatic heterocycles. The van der Waals surface area contributed by atoms with E-state index in [2.05, 4.69) is 13.8 Å². The fourth-order valence-electron chi connectivity index (χ4n) is 7.10. The molecule has 4 aliphatic carbocycles. The lowest BCUT2D eigenvalue weighted by Crippen LogP contribution is -2.68. The predicted octanol–water partition coefficient (Wildman–Crippen LogP) is 3.07. The van der Waals surface area contributed by atoms with Crippen molar-refractivity contribution in [1.82, 2.24) is 0 Å². The van der Waals surface area contributed by atoms with Crippen LogP contribution in [0.1, 0.15) is 71.6 Å². The molecule has 2 N–H and O–H groups in total. The van der Waals surface area contributed by atoms with Gasteiger partial charge < -0.3 is 10.2 Å². The molecule has 124 valence electrons. The predicted molar refractivity (Wildman–Crippen MR) is 84.2 cm³/mol. The molecule has 0 heterocycles. The van der Waals surface area contributed by atoms with Crippen molar-refractivity contribution in [3.05, 3.63) is 0 Å². The van der Waals surface area contributed by atoms with Crippen molar-refractivity contribution in [3.8, 4) is 0 Å². The molecule has 0 aromatic carbocycles. The van der Waals surface area contributed by atoms with Crippen molar-refractivity contribution in [1.29, 1.82) is 0 Å². The standard InChI is InChI=1S/C19H30O3/c1-17-8-3-4-13(17)12-5-11-19(22)16(21)15(20)7-10-18(19,2)14(12)6-9-17/h12-14,16,21-22H,3-11H2,1-2H3/t12-,13-,14-,16-,17-,18+,19+/m0/s1. The van der Waals surface area contributed by atoms with Gasteiger partial charge >= 0.3 is 0 Å². The van der Waals surface area contributed by atoms with Gasteiger partial charge in [0.2, 0.25) is 0 Å². The van der Waals surface area contributed by atoms with Gasteiger partial charge in [0.25, 0.3) is 0 Å². The molecule has 4 rings (SSSR count). The number of hydrogen-bond acceptors (Lipinski definition) is 3. The maximum Gasteiger partial charge on any atom is 0.164 e. The lowest BCUT2D eigenvalue weighted by molar-refractivity contribution is -0.237. The van der Waals surface area contributed by atoms with Crippen molar-refractivity contribution >= 4 is 5.78 Å². The van der Waals surface area contributed by atoms with Gasteiger partial charge in [-0.1, -0.05) is 20.3 Å². The van der Waals surface area contributed by atoms with Gasteiger partial charge in [0.05, 0.1) is 0 Å². The Balaban J connectivity index is 1.71. The molecule has 0 radical (unpaired) electrons. The molecule has 0 saturated heterocycles. The third kappa shape index (κ3) is 1.67. The summed E-state index contributed by atoms with van der Waals surface area (Å²) < 4.78 is 0. The van der Waals surface area contributed by atoms with E-state index in [1.165, 1.54) is 25.7 Å². The summed E-state index contributed by atoms with van der Waals surface area (Å²) >= 11 is 0. The fourth-order valence-corrected chi connectivity index (χ4v) is 7.10. The number of fused-ring (bicyclic) bond motifs is 5. The summed E-state index contributed by atoms with van der Waals surface area (Å²) in [5.41, 5.74) is -0.959. The van der Waals surface area contributed by atoms with Crippen LogP contribution in [0.25, 0.3) is 0 Å². The van der Waals surface area contributed by atoms with Crippen molar-refractivity contribution in [3.63, 3.8) is 0 Å². The second-order valence-corrected chi connectivity index (χ2v) is 9.21. The highest BCUT2D eigenvalue weighted by Gasteiger charge is 2.66. The van der Waals surface area contributed by atoms with Crippen LogP contribution in [-0.4, -0.2) is 27.7 Å². The zero-order valence-corrected chi connectivity index (χ0v) is 14.0. The minimum Gasteiger partial charge on any atom is -0.386 e. The van der Waals surface area contributed by atoms with Gasteiger partial charge in [-0.25, -0.2) is 0 Å². The first-order chi connectivity index (χ1) is 10.3. The highest BCUT2D eigenvalue weighted by atomic mass is 16.3. The molecule has 7 atom stereocenters. The van der Waals surface area contributed by atoms with Crippen LogP contribution in [0.15, 0.2) is 0 Å². The first kappa shape index (κ1) is 15.1. The summed E-state index contributed by atoms with van der Waals surface area (Å²) in [6.45, 7) is 4.64. The summed E-state index contributed by atoms with van der Waals surface area (Å²) in [5, 5.41) is 21.7. The molecule has 0 aliphatic heterocycles. The number of hydrogen-bond donors (Lipinski definition) is 2. The lowest BCUT2D eigenvalue weighted by Gasteiger charge is -2.63. The molecular formula is C19H30O3. The van der Waals surface area contributed by atoms with Gasteiger partial charge in [0, 0.05) is 11.8 Å². The Morgan fingerprint density at radius 2 is 1.77 bits per heavy atom. The Kier molecular flexibility index (Phi) is 3.14. The SMILES string of the molecule is C[C@@]12CCC[C@H]1[C@@H]1CC[C@@]3(O)[C@@H](O)C(=O)CC[C@]3(C)[C@H]1CC2. The molecule has 0 bridgehead atoms. The van der Waals surface area contributed by atoms with Crippen LogP contribution in [0.4, 0.5) is 0 Å². The normalized spacial score (nSPS) is 57.9. The Morgan fingerprint density at radius 3 is 2.55 bits per heavy atom. The number of carbonyl (C=O) groups is 1. The van der Waals surface area contributed by atoms with Gasteiger partial charge in [0.1, 0.15) is 11.7 Å². The summed E-state index contributed by atoms with van der Waals surface area (Å²) in [7, 11) is 0. The highest BCUT2D eigenvalue weighted by Crippen LogP contribution is 2.66. The Morgan fingerprint density at radius 1 is 1.00 bits per heavy atom. The average Bonchev–Trinajstić information content (AvgIpc) is 2.88. The molecule has 3 heteroatoms. The third-order valence-electron chi connectivity index (χ3n) is 8.53. The number of aliphatic hydroxyl groups excluding tert-OH is 1. The van der Waals surface area contributed by atoms with E-state index in [1.54, 1.807) is 0 Å². The van der Waals surface area contributed by atoms with Crippen LogP contribution in [0.2, 0.25) is 0 Å². The quantitative estimate of drug-likeness (QED) is 0.723. The van der Waals surface area contributed by atoms with Crippen molar-refractivity contribution < 1.29 is 15.0 Å². The minimum absolute atomic E-state index is 0.153. The van der Waals surface area contributed by atoms with Gasteiger partial charge in [-0.05, 0) is 68.1 Å². The van der Waals surface area contributed by atoms with E-state index in [0.717, 1.165) is 25.2 Å². The topological polar surface area (TPSA) is 57.5 Å². The first-order valence-corrected chi connectivity index (χ1v) is 9.25. The summed E-state index contributed by atoms with van der Waals surface area (Å²) in [6.07, 6.45) is 8.10. The number of ketones is 1. The Bertz CT molecular complexity index is 503. The molecule has 0 spiro atoms. The summed E-state index contributed by atoms with van der Waals surface area (Å²) in [5.74, 6) is 1.81. The van der Waals surface area contributed by atoms with Gasteiger partial charge in [-0.15, -0.1) is 0 Å². The lowest BCUT2D eigenvalue weighted by atomic mass is 9.43. The van der Waals surface area contributed by atoms with Crippen molar-refractivity contribution in [2.24, 2.45) is 28.6 Å². The van der Waals surface area contributed by atoms with E-state index in [1.807, 2.05) is 0 Å².